The quantitative estimate of drug-likeness (QED) is 0.913. The molecule has 1 N–H and O–H groups in total. The number of ether oxygens (including phenoxy) is 1. The first-order valence-electron chi connectivity index (χ1n) is 7.53. The number of carbonyl (C=O) groups excluding carboxylic acids is 1. The number of carbonyl (C=O) groups is 1. The van der Waals surface area contributed by atoms with Crippen molar-refractivity contribution in [2.75, 3.05) is 13.2 Å². The second-order valence-electron chi connectivity index (χ2n) is 5.49. The summed E-state index contributed by atoms with van der Waals surface area (Å²) in [5.41, 5.74) is 2.06. The Labute approximate surface area is 129 Å². The zero-order valence-electron chi connectivity index (χ0n) is 12.4. The van der Waals surface area contributed by atoms with Gasteiger partial charge in [-0.2, -0.15) is 0 Å². The van der Waals surface area contributed by atoms with Crippen LogP contribution in [0.15, 0.2) is 42.9 Å². The summed E-state index contributed by atoms with van der Waals surface area (Å²) in [6.07, 6.45) is 6.96. The van der Waals surface area contributed by atoms with Gasteiger partial charge in [0.1, 0.15) is 5.75 Å². The fourth-order valence-corrected chi connectivity index (χ4v) is 2.57. The van der Waals surface area contributed by atoms with Crippen molar-refractivity contribution in [1.82, 2.24) is 15.3 Å². The molecule has 22 heavy (non-hydrogen) atoms. The molecule has 0 spiro atoms. The van der Waals surface area contributed by atoms with Crippen LogP contribution >= 0.6 is 0 Å². The van der Waals surface area contributed by atoms with E-state index in [9.17, 15) is 4.79 Å². The zero-order valence-corrected chi connectivity index (χ0v) is 12.4. The average Bonchev–Trinajstić information content (AvgIpc) is 2.59. The van der Waals surface area contributed by atoms with E-state index in [1.165, 1.54) is 5.56 Å². The summed E-state index contributed by atoms with van der Waals surface area (Å²) in [7, 11) is 0. The third-order valence-corrected chi connectivity index (χ3v) is 3.77. The van der Waals surface area contributed by atoms with Crippen molar-refractivity contribution < 1.29 is 9.53 Å². The highest BCUT2D eigenvalue weighted by Gasteiger charge is 2.19. The maximum absolute atomic E-state index is 11.9. The first kappa shape index (κ1) is 14.5. The molecule has 2 heterocycles. The Kier molecular flexibility index (Phi) is 4.63. The van der Waals surface area contributed by atoms with Crippen molar-refractivity contribution in [3.8, 4) is 5.75 Å². The van der Waals surface area contributed by atoms with Crippen LogP contribution in [0.5, 0.6) is 5.75 Å². The lowest BCUT2D eigenvalue weighted by Crippen LogP contribution is -2.34. The van der Waals surface area contributed by atoms with Gasteiger partial charge < -0.3 is 10.1 Å². The van der Waals surface area contributed by atoms with Gasteiger partial charge in [0.15, 0.2) is 0 Å². The minimum Gasteiger partial charge on any atom is -0.493 e. The van der Waals surface area contributed by atoms with E-state index in [-0.39, 0.29) is 5.91 Å². The van der Waals surface area contributed by atoms with Gasteiger partial charge in [0.25, 0.3) is 0 Å². The highest BCUT2D eigenvalue weighted by Crippen LogP contribution is 2.26. The second-order valence-corrected chi connectivity index (χ2v) is 5.49. The van der Waals surface area contributed by atoms with E-state index in [4.69, 9.17) is 4.74 Å². The minimum absolute atomic E-state index is 0.0458. The van der Waals surface area contributed by atoms with Crippen LogP contribution in [0.3, 0.4) is 0 Å². The monoisotopic (exact) mass is 297 g/mol. The lowest BCUT2D eigenvalue weighted by atomic mass is 9.97. The lowest BCUT2D eigenvalue weighted by molar-refractivity contribution is -0.121. The Morgan fingerprint density at radius 3 is 3.09 bits per heavy atom. The number of hydrogen-bond donors (Lipinski definition) is 1. The van der Waals surface area contributed by atoms with Gasteiger partial charge in [-0.05, 0) is 24.5 Å². The van der Waals surface area contributed by atoms with Crippen LogP contribution in [0.1, 0.15) is 17.7 Å². The molecule has 0 radical (unpaired) electrons. The van der Waals surface area contributed by atoms with E-state index in [1.54, 1.807) is 18.6 Å². The highest BCUT2D eigenvalue weighted by atomic mass is 16.5. The molecule has 0 fully saturated rings. The summed E-state index contributed by atoms with van der Waals surface area (Å²) in [5, 5.41) is 2.99. The van der Waals surface area contributed by atoms with E-state index in [0.717, 1.165) is 17.9 Å². The lowest BCUT2D eigenvalue weighted by Gasteiger charge is -2.25. The number of amides is 1. The topological polar surface area (TPSA) is 64.1 Å². The molecule has 1 amide bonds. The van der Waals surface area contributed by atoms with Crippen LogP contribution < -0.4 is 10.1 Å². The Bertz CT molecular complexity index is 631. The largest absolute Gasteiger partial charge is 0.493 e. The fraction of sp³-hybridized carbons (Fsp3) is 0.353. The van der Waals surface area contributed by atoms with Crippen LogP contribution in [-0.4, -0.2) is 29.0 Å². The van der Waals surface area contributed by atoms with Crippen molar-refractivity contribution in [3.63, 3.8) is 0 Å². The number of hydrogen-bond acceptors (Lipinski definition) is 4. The van der Waals surface area contributed by atoms with Crippen molar-refractivity contribution in [3.05, 3.63) is 54.1 Å². The number of nitrogens with one attached hydrogen (secondary N) is 1. The maximum Gasteiger partial charge on any atom is 0.220 e. The minimum atomic E-state index is 0.0458. The van der Waals surface area contributed by atoms with Crippen LogP contribution in [0, 0.1) is 5.92 Å². The Morgan fingerprint density at radius 2 is 2.23 bits per heavy atom. The molecule has 114 valence electrons. The number of fused-ring (bicyclic) bond motifs is 1. The van der Waals surface area contributed by atoms with Crippen molar-refractivity contribution >= 4 is 5.91 Å². The van der Waals surface area contributed by atoms with Crippen molar-refractivity contribution in [2.45, 2.75) is 19.3 Å². The number of para-hydroxylation sites is 1. The summed E-state index contributed by atoms with van der Waals surface area (Å²) < 4.78 is 5.73. The van der Waals surface area contributed by atoms with Gasteiger partial charge in [-0.25, -0.2) is 0 Å². The van der Waals surface area contributed by atoms with E-state index in [0.29, 0.717) is 31.9 Å². The molecule has 0 bridgehead atoms. The molecular weight excluding hydrogens is 278 g/mol. The van der Waals surface area contributed by atoms with E-state index >= 15 is 0 Å². The molecule has 0 saturated heterocycles. The predicted octanol–water partition coefficient (Wildman–Crippen LogP) is 1.78. The molecule has 3 rings (SSSR count). The zero-order chi connectivity index (χ0) is 15.2. The van der Waals surface area contributed by atoms with Crippen LogP contribution in [0.4, 0.5) is 0 Å². The van der Waals surface area contributed by atoms with E-state index in [2.05, 4.69) is 21.4 Å². The molecule has 1 aliphatic heterocycles. The molecule has 0 unspecified atom stereocenters. The summed E-state index contributed by atoms with van der Waals surface area (Å²) in [6.45, 7) is 1.30. The van der Waals surface area contributed by atoms with Gasteiger partial charge in [-0.1, -0.05) is 18.2 Å². The normalized spacial score (nSPS) is 16.5. The summed E-state index contributed by atoms with van der Waals surface area (Å²) in [4.78, 5) is 20.1. The first-order chi connectivity index (χ1) is 10.8. The molecule has 0 aliphatic carbocycles. The third kappa shape index (κ3) is 3.81. The third-order valence-electron chi connectivity index (χ3n) is 3.77. The molecule has 5 heteroatoms. The summed E-state index contributed by atoms with van der Waals surface area (Å²) >= 11 is 0. The molecule has 1 aliphatic rings. The SMILES string of the molecule is O=C(CCc1cnccn1)NC[C@@H]1COc2ccccc2C1. The number of aromatic nitrogens is 2. The Morgan fingerprint density at radius 1 is 1.32 bits per heavy atom. The number of nitrogens with zero attached hydrogens (tertiary/aromatic N) is 2. The van der Waals surface area contributed by atoms with Crippen LogP contribution in [0.25, 0.3) is 0 Å². The van der Waals surface area contributed by atoms with Gasteiger partial charge in [0.2, 0.25) is 5.91 Å². The summed E-state index contributed by atoms with van der Waals surface area (Å²) in [6, 6.07) is 8.07. The Hall–Kier alpha value is -2.43. The van der Waals surface area contributed by atoms with Crippen LogP contribution in [-0.2, 0) is 17.6 Å². The smallest absolute Gasteiger partial charge is 0.220 e. The number of aryl methyl sites for hydroxylation is 1. The average molecular weight is 297 g/mol. The van der Waals surface area contributed by atoms with Gasteiger partial charge >= 0.3 is 0 Å². The van der Waals surface area contributed by atoms with Gasteiger partial charge in [0, 0.05) is 37.5 Å². The van der Waals surface area contributed by atoms with Gasteiger partial charge in [-0.15, -0.1) is 0 Å². The molecule has 1 aromatic heterocycles. The predicted molar refractivity (Wildman–Crippen MR) is 82.5 cm³/mol. The standard InChI is InChI=1S/C17H19N3O2/c21-17(6-5-15-11-18-7-8-19-15)20-10-13-9-14-3-1-2-4-16(14)22-12-13/h1-4,7-8,11,13H,5-6,9-10,12H2,(H,20,21)/t13-/m1/s1. The van der Waals surface area contributed by atoms with Crippen molar-refractivity contribution in [2.24, 2.45) is 5.92 Å². The van der Waals surface area contributed by atoms with E-state index < -0.39 is 0 Å². The molecule has 0 saturated carbocycles. The Balaban J connectivity index is 1.42. The van der Waals surface area contributed by atoms with Crippen molar-refractivity contribution in [1.29, 1.82) is 0 Å². The fourth-order valence-electron chi connectivity index (χ4n) is 2.57. The molecule has 2 aromatic rings. The second kappa shape index (κ2) is 7.02. The molecule has 1 aromatic carbocycles. The summed E-state index contributed by atoms with van der Waals surface area (Å²) in [5.74, 6) is 1.34. The highest BCUT2D eigenvalue weighted by molar-refractivity contribution is 5.76. The van der Waals surface area contributed by atoms with Gasteiger partial charge in [-0.3, -0.25) is 14.8 Å². The maximum atomic E-state index is 11.9. The number of rotatable bonds is 5. The molecule has 1 atom stereocenters. The number of benzene rings is 1. The van der Waals surface area contributed by atoms with E-state index in [1.807, 2.05) is 18.2 Å². The molecule has 5 nitrogen and oxygen atoms in total. The first-order valence-corrected chi connectivity index (χ1v) is 7.53. The van der Waals surface area contributed by atoms with Crippen LogP contribution in [0.2, 0.25) is 0 Å². The van der Waals surface area contributed by atoms with Gasteiger partial charge in [0.05, 0.1) is 12.3 Å². The molecular formula is C17H19N3O2.